The highest BCUT2D eigenvalue weighted by Crippen LogP contribution is 2.34. The monoisotopic (exact) mass is 267 g/mol. The SMILES string of the molecule is CC(O)(c1ccccc1F)c1cccc2ncccc12. The van der Waals surface area contributed by atoms with Crippen LogP contribution in [0.15, 0.2) is 60.8 Å². The van der Waals surface area contributed by atoms with Gasteiger partial charge in [-0.2, -0.15) is 0 Å². The summed E-state index contributed by atoms with van der Waals surface area (Å²) >= 11 is 0. The van der Waals surface area contributed by atoms with Gasteiger partial charge >= 0.3 is 0 Å². The Morgan fingerprint density at radius 2 is 1.70 bits per heavy atom. The lowest BCUT2D eigenvalue weighted by atomic mass is 9.85. The quantitative estimate of drug-likeness (QED) is 0.769. The number of hydrogen-bond acceptors (Lipinski definition) is 2. The molecule has 3 heteroatoms. The van der Waals surface area contributed by atoms with E-state index in [1.807, 2.05) is 24.3 Å². The van der Waals surface area contributed by atoms with Crippen molar-refractivity contribution < 1.29 is 9.50 Å². The van der Waals surface area contributed by atoms with Crippen LogP contribution in [0.2, 0.25) is 0 Å². The van der Waals surface area contributed by atoms with Gasteiger partial charge < -0.3 is 5.11 Å². The molecule has 1 unspecified atom stereocenters. The molecule has 0 fully saturated rings. The summed E-state index contributed by atoms with van der Waals surface area (Å²) in [7, 11) is 0. The van der Waals surface area contributed by atoms with Crippen LogP contribution in [0.5, 0.6) is 0 Å². The van der Waals surface area contributed by atoms with E-state index >= 15 is 0 Å². The van der Waals surface area contributed by atoms with Gasteiger partial charge in [-0.15, -0.1) is 0 Å². The molecule has 3 rings (SSSR count). The Morgan fingerprint density at radius 3 is 2.50 bits per heavy atom. The molecule has 0 aliphatic rings. The zero-order valence-corrected chi connectivity index (χ0v) is 11.0. The van der Waals surface area contributed by atoms with Crippen LogP contribution < -0.4 is 0 Å². The molecule has 2 aromatic carbocycles. The molecular formula is C17H14FNO. The summed E-state index contributed by atoms with van der Waals surface area (Å²) < 4.78 is 14.0. The Hall–Kier alpha value is -2.26. The molecule has 100 valence electrons. The van der Waals surface area contributed by atoms with E-state index in [4.69, 9.17) is 0 Å². The van der Waals surface area contributed by atoms with E-state index < -0.39 is 11.4 Å². The van der Waals surface area contributed by atoms with Gasteiger partial charge in [0.25, 0.3) is 0 Å². The molecule has 1 N–H and O–H groups in total. The van der Waals surface area contributed by atoms with Crippen LogP contribution >= 0.6 is 0 Å². The molecule has 0 saturated carbocycles. The summed E-state index contributed by atoms with van der Waals surface area (Å²) in [6.45, 7) is 1.60. The van der Waals surface area contributed by atoms with Crippen LogP contribution in [-0.2, 0) is 5.60 Å². The third-order valence-electron chi connectivity index (χ3n) is 3.57. The zero-order valence-electron chi connectivity index (χ0n) is 11.0. The first-order valence-corrected chi connectivity index (χ1v) is 6.42. The van der Waals surface area contributed by atoms with Gasteiger partial charge in [-0.05, 0) is 30.7 Å². The number of halogens is 1. The molecule has 0 spiro atoms. The smallest absolute Gasteiger partial charge is 0.129 e. The zero-order chi connectivity index (χ0) is 14.2. The fourth-order valence-corrected chi connectivity index (χ4v) is 2.53. The third-order valence-corrected chi connectivity index (χ3v) is 3.57. The molecule has 0 radical (unpaired) electrons. The largest absolute Gasteiger partial charge is 0.381 e. The third kappa shape index (κ3) is 1.96. The number of benzene rings is 2. The van der Waals surface area contributed by atoms with E-state index in [2.05, 4.69) is 4.98 Å². The van der Waals surface area contributed by atoms with Crippen LogP contribution in [0.4, 0.5) is 4.39 Å². The normalized spacial score (nSPS) is 14.2. The van der Waals surface area contributed by atoms with Crippen LogP contribution in [-0.4, -0.2) is 10.1 Å². The molecule has 1 heterocycles. The minimum atomic E-state index is -1.41. The first kappa shape index (κ1) is 12.8. The van der Waals surface area contributed by atoms with E-state index in [0.717, 1.165) is 10.9 Å². The van der Waals surface area contributed by atoms with Gasteiger partial charge in [0.1, 0.15) is 11.4 Å². The first-order valence-electron chi connectivity index (χ1n) is 6.42. The highest BCUT2D eigenvalue weighted by molar-refractivity contribution is 5.83. The standard InChI is InChI=1S/C17H14FNO/c1-17(20,14-7-2-3-9-15(14)18)13-8-4-10-16-12(13)6-5-11-19-16/h2-11,20H,1H3. The Kier molecular flexibility index (Phi) is 2.99. The molecule has 1 atom stereocenters. The molecule has 0 bridgehead atoms. The maximum Gasteiger partial charge on any atom is 0.129 e. The molecule has 0 aliphatic carbocycles. The minimum absolute atomic E-state index is 0.261. The lowest BCUT2D eigenvalue weighted by molar-refractivity contribution is 0.0995. The average molecular weight is 267 g/mol. The topological polar surface area (TPSA) is 33.1 Å². The van der Waals surface area contributed by atoms with Gasteiger partial charge in [0.15, 0.2) is 0 Å². The van der Waals surface area contributed by atoms with Crippen LogP contribution in [0.25, 0.3) is 10.9 Å². The summed E-state index contributed by atoms with van der Waals surface area (Å²) in [5.41, 5.74) is 0.277. The molecule has 0 saturated heterocycles. The fourth-order valence-electron chi connectivity index (χ4n) is 2.53. The molecule has 2 nitrogen and oxygen atoms in total. The Labute approximate surface area is 116 Å². The van der Waals surface area contributed by atoms with E-state index in [1.165, 1.54) is 6.07 Å². The van der Waals surface area contributed by atoms with Crippen molar-refractivity contribution in [2.45, 2.75) is 12.5 Å². The van der Waals surface area contributed by atoms with Crippen molar-refractivity contribution in [1.29, 1.82) is 0 Å². The second kappa shape index (κ2) is 4.69. The lowest BCUT2D eigenvalue weighted by Gasteiger charge is -2.26. The van der Waals surface area contributed by atoms with E-state index in [9.17, 15) is 9.50 Å². The highest BCUT2D eigenvalue weighted by atomic mass is 19.1. The predicted octanol–water partition coefficient (Wildman–Crippen LogP) is 3.63. The van der Waals surface area contributed by atoms with Gasteiger partial charge in [0, 0.05) is 17.1 Å². The predicted molar refractivity (Wildman–Crippen MR) is 76.8 cm³/mol. The molecule has 1 aromatic heterocycles. The number of aliphatic hydroxyl groups is 1. The first-order chi connectivity index (χ1) is 9.60. The van der Waals surface area contributed by atoms with Gasteiger partial charge in [0.2, 0.25) is 0 Å². The van der Waals surface area contributed by atoms with Gasteiger partial charge in [-0.3, -0.25) is 4.98 Å². The molecular weight excluding hydrogens is 253 g/mol. The number of nitrogens with zero attached hydrogens (tertiary/aromatic N) is 1. The van der Waals surface area contributed by atoms with Crippen molar-refractivity contribution >= 4 is 10.9 Å². The van der Waals surface area contributed by atoms with Crippen molar-refractivity contribution in [2.24, 2.45) is 0 Å². The van der Waals surface area contributed by atoms with Crippen molar-refractivity contribution in [3.8, 4) is 0 Å². The maximum atomic E-state index is 14.0. The molecule has 20 heavy (non-hydrogen) atoms. The Bertz CT molecular complexity index is 762. The second-order valence-corrected chi connectivity index (χ2v) is 4.93. The fraction of sp³-hybridized carbons (Fsp3) is 0.118. The summed E-state index contributed by atoms with van der Waals surface area (Å²) in [4.78, 5) is 4.27. The molecule has 0 amide bonds. The summed E-state index contributed by atoms with van der Waals surface area (Å²) in [5.74, 6) is -0.418. The van der Waals surface area contributed by atoms with Gasteiger partial charge in [0.05, 0.1) is 5.52 Å². The van der Waals surface area contributed by atoms with Crippen LogP contribution in [0.3, 0.4) is 0 Å². The van der Waals surface area contributed by atoms with E-state index in [0.29, 0.717) is 5.56 Å². The number of aromatic nitrogens is 1. The summed E-state index contributed by atoms with van der Waals surface area (Å²) in [5, 5.41) is 11.7. The van der Waals surface area contributed by atoms with Crippen molar-refractivity contribution in [3.63, 3.8) is 0 Å². The number of pyridine rings is 1. The summed E-state index contributed by atoms with van der Waals surface area (Å²) in [6.07, 6.45) is 1.70. The highest BCUT2D eigenvalue weighted by Gasteiger charge is 2.30. The molecule has 3 aromatic rings. The molecule has 0 aliphatic heterocycles. The average Bonchev–Trinajstić information content (AvgIpc) is 2.47. The number of fused-ring (bicyclic) bond motifs is 1. The number of rotatable bonds is 2. The van der Waals surface area contributed by atoms with Gasteiger partial charge in [-0.1, -0.05) is 36.4 Å². The van der Waals surface area contributed by atoms with E-state index in [1.54, 1.807) is 37.4 Å². The van der Waals surface area contributed by atoms with Crippen molar-refractivity contribution in [3.05, 3.63) is 77.7 Å². The van der Waals surface area contributed by atoms with Crippen LogP contribution in [0, 0.1) is 5.82 Å². The summed E-state index contributed by atoms with van der Waals surface area (Å²) in [6, 6.07) is 15.5. The number of hydrogen-bond donors (Lipinski definition) is 1. The van der Waals surface area contributed by atoms with E-state index in [-0.39, 0.29) is 5.56 Å². The van der Waals surface area contributed by atoms with Crippen molar-refractivity contribution in [1.82, 2.24) is 4.98 Å². The van der Waals surface area contributed by atoms with Crippen LogP contribution in [0.1, 0.15) is 18.1 Å². The minimum Gasteiger partial charge on any atom is -0.381 e. The maximum absolute atomic E-state index is 14.0. The second-order valence-electron chi connectivity index (χ2n) is 4.93. The Morgan fingerprint density at radius 1 is 0.950 bits per heavy atom. The van der Waals surface area contributed by atoms with Crippen molar-refractivity contribution in [2.75, 3.05) is 0 Å². The van der Waals surface area contributed by atoms with Gasteiger partial charge in [-0.25, -0.2) is 4.39 Å². The lowest BCUT2D eigenvalue weighted by Crippen LogP contribution is -2.24. The Balaban J connectivity index is 2.27.